The number of para-hydroxylation sites is 2. The number of nitro groups is 1. The average Bonchev–Trinajstić information content (AvgIpc) is 2.45. The third-order valence-corrected chi connectivity index (χ3v) is 3.42. The highest BCUT2D eigenvalue weighted by molar-refractivity contribution is 5.60. The Morgan fingerprint density at radius 2 is 2.00 bits per heavy atom. The van der Waals surface area contributed by atoms with Crippen LogP contribution in [-0.2, 0) is 4.74 Å². The third-order valence-electron chi connectivity index (χ3n) is 3.42. The van der Waals surface area contributed by atoms with E-state index < -0.39 is 0 Å². The Bertz CT molecular complexity index is 417. The van der Waals surface area contributed by atoms with Gasteiger partial charge >= 0.3 is 0 Å². The normalized spacial score (nSPS) is 16.2. The van der Waals surface area contributed by atoms with Crippen molar-refractivity contribution in [3.8, 4) is 0 Å². The molecule has 1 aliphatic carbocycles. The highest BCUT2D eigenvalue weighted by atomic mass is 16.6. The molecule has 1 N–H and O–H groups in total. The summed E-state index contributed by atoms with van der Waals surface area (Å²) in [6.45, 7) is 1.19. The van der Waals surface area contributed by atoms with Crippen molar-refractivity contribution in [1.82, 2.24) is 0 Å². The van der Waals surface area contributed by atoms with E-state index in [4.69, 9.17) is 4.74 Å². The minimum Gasteiger partial charge on any atom is -0.377 e. The molecule has 19 heavy (non-hydrogen) atoms. The molecule has 1 aromatic carbocycles. The molecule has 2 rings (SSSR count). The van der Waals surface area contributed by atoms with Crippen molar-refractivity contribution < 1.29 is 9.66 Å². The van der Waals surface area contributed by atoms with Gasteiger partial charge in [0.05, 0.1) is 17.6 Å². The van der Waals surface area contributed by atoms with E-state index in [1.54, 1.807) is 18.2 Å². The molecule has 0 aliphatic heterocycles. The highest BCUT2D eigenvalue weighted by Crippen LogP contribution is 2.23. The van der Waals surface area contributed by atoms with E-state index in [1.807, 2.05) is 0 Å². The van der Waals surface area contributed by atoms with Crippen LogP contribution in [0.4, 0.5) is 11.4 Å². The molecule has 0 heterocycles. The Hall–Kier alpha value is -1.62. The van der Waals surface area contributed by atoms with Gasteiger partial charge in [0.15, 0.2) is 0 Å². The van der Waals surface area contributed by atoms with Gasteiger partial charge in [0.2, 0.25) is 0 Å². The van der Waals surface area contributed by atoms with Crippen molar-refractivity contribution in [2.24, 2.45) is 0 Å². The van der Waals surface area contributed by atoms with Crippen LogP contribution in [0, 0.1) is 10.1 Å². The Labute approximate surface area is 113 Å². The summed E-state index contributed by atoms with van der Waals surface area (Å²) in [5, 5.41) is 13.9. The molecule has 104 valence electrons. The first-order valence-corrected chi connectivity index (χ1v) is 6.86. The second kappa shape index (κ2) is 7.09. The van der Waals surface area contributed by atoms with Gasteiger partial charge in [-0.1, -0.05) is 31.4 Å². The maximum Gasteiger partial charge on any atom is 0.292 e. The van der Waals surface area contributed by atoms with Crippen molar-refractivity contribution >= 4 is 11.4 Å². The molecular formula is C14H20N2O3. The minimum atomic E-state index is -0.371. The molecule has 1 saturated carbocycles. The van der Waals surface area contributed by atoms with Gasteiger partial charge in [-0.15, -0.1) is 0 Å². The topological polar surface area (TPSA) is 64.4 Å². The van der Waals surface area contributed by atoms with Crippen molar-refractivity contribution in [1.29, 1.82) is 0 Å². The lowest BCUT2D eigenvalue weighted by Gasteiger charge is -2.22. The first kappa shape index (κ1) is 13.8. The quantitative estimate of drug-likeness (QED) is 0.486. The molecule has 0 spiro atoms. The summed E-state index contributed by atoms with van der Waals surface area (Å²) in [5.74, 6) is 0. The van der Waals surface area contributed by atoms with Crippen LogP contribution in [0.1, 0.15) is 32.1 Å². The lowest BCUT2D eigenvalue weighted by Crippen LogP contribution is -2.20. The summed E-state index contributed by atoms with van der Waals surface area (Å²) in [4.78, 5) is 10.5. The summed E-state index contributed by atoms with van der Waals surface area (Å²) >= 11 is 0. The Morgan fingerprint density at radius 1 is 1.26 bits per heavy atom. The van der Waals surface area contributed by atoms with Crippen LogP contribution in [0.3, 0.4) is 0 Å². The van der Waals surface area contributed by atoms with Crippen molar-refractivity contribution in [3.05, 3.63) is 34.4 Å². The van der Waals surface area contributed by atoms with Gasteiger partial charge in [-0.2, -0.15) is 0 Å². The van der Waals surface area contributed by atoms with E-state index in [9.17, 15) is 10.1 Å². The van der Waals surface area contributed by atoms with Gasteiger partial charge in [0, 0.05) is 12.6 Å². The second-order valence-electron chi connectivity index (χ2n) is 4.83. The smallest absolute Gasteiger partial charge is 0.292 e. The Balaban J connectivity index is 1.74. The molecule has 5 heteroatoms. The van der Waals surface area contributed by atoms with E-state index in [0.29, 0.717) is 24.9 Å². The lowest BCUT2D eigenvalue weighted by atomic mass is 9.98. The fourth-order valence-electron chi connectivity index (χ4n) is 2.43. The monoisotopic (exact) mass is 264 g/mol. The fraction of sp³-hybridized carbons (Fsp3) is 0.571. The van der Waals surface area contributed by atoms with E-state index in [1.165, 1.54) is 25.3 Å². The van der Waals surface area contributed by atoms with Gasteiger partial charge in [0.25, 0.3) is 5.69 Å². The minimum absolute atomic E-state index is 0.111. The zero-order valence-electron chi connectivity index (χ0n) is 11.0. The molecule has 0 radical (unpaired) electrons. The molecule has 0 amide bonds. The molecule has 1 aliphatic rings. The number of nitrogens with one attached hydrogen (secondary N) is 1. The number of anilines is 1. The summed E-state index contributed by atoms with van der Waals surface area (Å²) in [6.07, 6.45) is 6.48. The SMILES string of the molecule is O=[N+]([O-])c1ccccc1NCCOC1CCCCC1. The molecule has 5 nitrogen and oxygen atoms in total. The van der Waals surface area contributed by atoms with Gasteiger partial charge in [-0.25, -0.2) is 0 Å². The maximum absolute atomic E-state index is 10.8. The standard InChI is InChI=1S/C14H20N2O3/c17-16(18)14-9-5-4-8-13(14)15-10-11-19-12-6-2-1-3-7-12/h4-5,8-9,12,15H,1-3,6-7,10-11H2. The number of benzene rings is 1. The van der Waals surface area contributed by atoms with E-state index in [2.05, 4.69) is 5.32 Å². The van der Waals surface area contributed by atoms with Gasteiger partial charge < -0.3 is 10.1 Å². The zero-order chi connectivity index (χ0) is 13.5. The predicted molar refractivity (Wildman–Crippen MR) is 74.4 cm³/mol. The summed E-state index contributed by atoms with van der Waals surface area (Å²) in [7, 11) is 0. The number of ether oxygens (including phenoxy) is 1. The molecule has 1 aromatic rings. The molecular weight excluding hydrogens is 244 g/mol. The summed E-state index contributed by atoms with van der Waals surface area (Å²) < 4.78 is 5.77. The van der Waals surface area contributed by atoms with Crippen LogP contribution in [0.5, 0.6) is 0 Å². The molecule has 0 aromatic heterocycles. The highest BCUT2D eigenvalue weighted by Gasteiger charge is 2.14. The van der Waals surface area contributed by atoms with Gasteiger partial charge in [0.1, 0.15) is 5.69 Å². The predicted octanol–water partition coefficient (Wildman–Crippen LogP) is 3.36. The van der Waals surface area contributed by atoms with E-state index in [0.717, 1.165) is 12.8 Å². The Morgan fingerprint density at radius 3 is 2.74 bits per heavy atom. The van der Waals surface area contributed by atoms with Crippen LogP contribution in [0.25, 0.3) is 0 Å². The van der Waals surface area contributed by atoms with Crippen LogP contribution in [-0.4, -0.2) is 24.2 Å². The van der Waals surface area contributed by atoms with Crippen molar-refractivity contribution in [2.75, 3.05) is 18.5 Å². The van der Waals surface area contributed by atoms with Crippen LogP contribution < -0.4 is 5.32 Å². The van der Waals surface area contributed by atoms with Crippen molar-refractivity contribution in [2.45, 2.75) is 38.2 Å². The van der Waals surface area contributed by atoms with Crippen LogP contribution >= 0.6 is 0 Å². The second-order valence-corrected chi connectivity index (χ2v) is 4.83. The Kier molecular flexibility index (Phi) is 5.15. The maximum atomic E-state index is 10.8. The largest absolute Gasteiger partial charge is 0.377 e. The molecule has 0 bridgehead atoms. The fourth-order valence-corrected chi connectivity index (χ4v) is 2.43. The van der Waals surface area contributed by atoms with Gasteiger partial charge in [-0.3, -0.25) is 10.1 Å². The number of hydrogen-bond acceptors (Lipinski definition) is 4. The molecule has 1 fully saturated rings. The number of nitro benzene ring substituents is 1. The zero-order valence-corrected chi connectivity index (χ0v) is 11.0. The summed E-state index contributed by atoms with van der Waals surface area (Å²) in [6, 6.07) is 6.68. The number of hydrogen-bond donors (Lipinski definition) is 1. The molecule has 0 unspecified atom stereocenters. The first-order chi connectivity index (χ1) is 9.27. The van der Waals surface area contributed by atoms with Crippen LogP contribution in [0.15, 0.2) is 24.3 Å². The number of nitrogens with zero attached hydrogens (tertiary/aromatic N) is 1. The lowest BCUT2D eigenvalue weighted by molar-refractivity contribution is -0.384. The van der Waals surface area contributed by atoms with Crippen molar-refractivity contribution in [3.63, 3.8) is 0 Å². The van der Waals surface area contributed by atoms with E-state index >= 15 is 0 Å². The van der Waals surface area contributed by atoms with Gasteiger partial charge in [-0.05, 0) is 18.9 Å². The molecule has 0 atom stereocenters. The van der Waals surface area contributed by atoms with Crippen LogP contribution in [0.2, 0.25) is 0 Å². The first-order valence-electron chi connectivity index (χ1n) is 6.86. The molecule has 0 saturated heterocycles. The van der Waals surface area contributed by atoms with E-state index in [-0.39, 0.29) is 10.6 Å². The summed E-state index contributed by atoms with van der Waals surface area (Å²) in [5.41, 5.74) is 0.667. The average molecular weight is 264 g/mol. The third kappa shape index (κ3) is 4.21. The number of rotatable bonds is 6.